The maximum absolute atomic E-state index is 12.2. The van der Waals surface area contributed by atoms with Crippen LogP contribution in [0.2, 0.25) is 0 Å². The van der Waals surface area contributed by atoms with Crippen LogP contribution in [-0.2, 0) is 11.2 Å². The Hall–Kier alpha value is -3.09. The molecule has 0 radical (unpaired) electrons. The quantitative estimate of drug-likeness (QED) is 0.682. The van der Waals surface area contributed by atoms with Crippen molar-refractivity contribution in [1.29, 1.82) is 0 Å². The molecular weight excluding hydrogens is 322 g/mol. The second kappa shape index (κ2) is 6.43. The van der Waals surface area contributed by atoms with Crippen molar-refractivity contribution < 1.29 is 18.7 Å². The summed E-state index contributed by atoms with van der Waals surface area (Å²) in [6.07, 6.45) is 3.83. The summed E-state index contributed by atoms with van der Waals surface area (Å²) < 4.78 is 12.1. The molecule has 0 saturated heterocycles. The lowest BCUT2D eigenvalue weighted by Gasteiger charge is -2.07. The van der Waals surface area contributed by atoms with Gasteiger partial charge in [0.05, 0.1) is 18.9 Å². The van der Waals surface area contributed by atoms with E-state index in [2.05, 4.69) is 5.10 Å². The van der Waals surface area contributed by atoms with Gasteiger partial charge in [-0.1, -0.05) is 6.92 Å². The standard InChI is InChI=1S/C18H19N3O4/c1-5-11-6-12-8-15(17(22)20(2)3)25-16(12)14(7-11)21-10-13(9-19-21)18(23)24-4/h6-10H,5H2,1-4H3. The first kappa shape index (κ1) is 16.8. The molecule has 0 spiro atoms. The normalized spacial score (nSPS) is 10.9. The lowest BCUT2D eigenvalue weighted by molar-refractivity contribution is 0.0600. The molecule has 0 saturated carbocycles. The van der Waals surface area contributed by atoms with E-state index in [0.29, 0.717) is 16.8 Å². The molecule has 1 aromatic carbocycles. The Morgan fingerprint density at radius 3 is 2.68 bits per heavy atom. The molecule has 0 unspecified atom stereocenters. The van der Waals surface area contributed by atoms with Gasteiger partial charge in [0.1, 0.15) is 5.69 Å². The summed E-state index contributed by atoms with van der Waals surface area (Å²) in [7, 11) is 4.66. The molecule has 130 valence electrons. The first-order valence-electron chi connectivity index (χ1n) is 7.86. The van der Waals surface area contributed by atoms with Gasteiger partial charge in [-0.25, -0.2) is 9.48 Å². The molecule has 0 aliphatic heterocycles. The second-order valence-electron chi connectivity index (χ2n) is 5.86. The molecule has 0 aliphatic carbocycles. The van der Waals surface area contributed by atoms with Crippen LogP contribution in [0.3, 0.4) is 0 Å². The van der Waals surface area contributed by atoms with E-state index in [1.807, 2.05) is 19.1 Å². The number of carbonyl (C=O) groups excluding carboxylic acids is 2. The van der Waals surface area contributed by atoms with E-state index < -0.39 is 5.97 Å². The van der Waals surface area contributed by atoms with E-state index in [1.165, 1.54) is 18.2 Å². The highest BCUT2D eigenvalue weighted by atomic mass is 16.5. The zero-order valence-electron chi connectivity index (χ0n) is 14.6. The minimum absolute atomic E-state index is 0.212. The van der Waals surface area contributed by atoms with E-state index in [0.717, 1.165) is 17.4 Å². The van der Waals surface area contributed by atoms with Gasteiger partial charge in [0, 0.05) is 25.7 Å². The smallest absolute Gasteiger partial charge is 0.341 e. The molecule has 2 heterocycles. The molecular formula is C18H19N3O4. The first-order valence-corrected chi connectivity index (χ1v) is 7.86. The maximum Gasteiger partial charge on any atom is 0.341 e. The van der Waals surface area contributed by atoms with Crippen LogP contribution >= 0.6 is 0 Å². The van der Waals surface area contributed by atoms with Crippen LogP contribution in [0.25, 0.3) is 16.7 Å². The fourth-order valence-corrected chi connectivity index (χ4v) is 2.57. The van der Waals surface area contributed by atoms with Crippen LogP contribution in [0.4, 0.5) is 0 Å². The van der Waals surface area contributed by atoms with Gasteiger partial charge in [0.15, 0.2) is 11.3 Å². The predicted octanol–water partition coefficient (Wildman–Crippen LogP) is 2.67. The summed E-state index contributed by atoms with van der Waals surface area (Å²) in [6.45, 7) is 2.04. The third kappa shape index (κ3) is 3.00. The number of esters is 1. The predicted molar refractivity (Wildman–Crippen MR) is 92.1 cm³/mol. The molecule has 7 heteroatoms. The van der Waals surface area contributed by atoms with Gasteiger partial charge in [-0.15, -0.1) is 0 Å². The Labute approximate surface area is 144 Å². The lowest BCUT2D eigenvalue weighted by atomic mass is 10.1. The highest BCUT2D eigenvalue weighted by Crippen LogP contribution is 2.28. The number of ether oxygens (including phenoxy) is 1. The van der Waals surface area contributed by atoms with Crippen molar-refractivity contribution in [3.63, 3.8) is 0 Å². The zero-order chi connectivity index (χ0) is 18.1. The molecule has 0 atom stereocenters. The van der Waals surface area contributed by atoms with Gasteiger partial charge < -0.3 is 14.1 Å². The number of aryl methyl sites for hydroxylation is 1. The van der Waals surface area contributed by atoms with Gasteiger partial charge in [-0.3, -0.25) is 4.79 Å². The molecule has 0 bridgehead atoms. The van der Waals surface area contributed by atoms with E-state index in [9.17, 15) is 9.59 Å². The summed E-state index contributed by atoms with van der Waals surface area (Å²) in [5.41, 5.74) is 2.63. The van der Waals surface area contributed by atoms with Crippen molar-refractivity contribution in [3.05, 3.63) is 47.5 Å². The van der Waals surface area contributed by atoms with Crippen molar-refractivity contribution in [3.8, 4) is 5.69 Å². The van der Waals surface area contributed by atoms with Crippen LogP contribution < -0.4 is 0 Å². The van der Waals surface area contributed by atoms with Gasteiger partial charge in [0.25, 0.3) is 5.91 Å². The minimum atomic E-state index is -0.461. The monoisotopic (exact) mass is 341 g/mol. The Kier molecular flexibility index (Phi) is 4.31. The number of amides is 1. The van der Waals surface area contributed by atoms with Crippen LogP contribution in [-0.4, -0.2) is 47.8 Å². The van der Waals surface area contributed by atoms with E-state index in [-0.39, 0.29) is 11.7 Å². The fourth-order valence-electron chi connectivity index (χ4n) is 2.57. The number of benzene rings is 1. The van der Waals surface area contributed by atoms with Crippen molar-refractivity contribution in [2.45, 2.75) is 13.3 Å². The number of carbonyl (C=O) groups is 2. The van der Waals surface area contributed by atoms with Gasteiger partial charge in [-0.05, 0) is 30.2 Å². The Morgan fingerprint density at radius 1 is 1.28 bits per heavy atom. The average Bonchev–Trinajstić information content (AvgIpc) is 3.26. The number of furan rings is 1. The molecule has 0 N–H and O–H groups in total. The number of hydrogen-bond donors (Lipinski definition) is 0. The van der Waals surface area contributed by atoms with Crippen LogP contribution in [0.5, 0.6) is 0 Å². The van der Waals surface area contributed by atoms with Crippen LogP contribution in [0.1, 0.15) is 33.4 Å². The third-order valence-corrected chi connectivity index (χ3v) is 3.93. The van der Waals surface area contributed by atoms with Crippen LogP contribution in [0, 0.1) is 0 Å². The van der Waals surface area contributed by atoms with Crippen molar-refractivity contribution >= 4 is 22.8 Å². The molecule has 2 aromatic heterocycles. The van der Waals surface area contributed by atoms with Gasteiger partial charge >= 0.3 is 5.97 Å². The van der Waals surface area contributed by atoms with E-state index in [4.69, 9.17) is 9.15 Å². The Balaban J connectivity index is 2.17. The summed E-state index contributed by atoms with van der Waals surface area (Å²) in [4.78, 5) is 25.3. The number of aromatic nitrogens is 2. The highest BCUT2D eigenvalue weighted by Gasteiger charge is 2.19. The van der Waals surface area contributed by atoms with Crippen molar-refractivity contribution in [1.82, 2.24) is 14.7 Å². The molecule has 25 heavy (non-hydrogen) atoms. The summed E-state index contributed by atoms with van der Waals surface area (Å²) in [5.74, 6) is -0.414. The van der Waals surface area contributed by atoms with Crippen LogP contribution in [0.15, 0.2) is 35.0 Å². The largest absolute Gasteiger partial charge is 0.465 e. The minimum Gasteiger partial charge on any atom is -0.465 e. The maximum atomic E-state index is 12.2. The second-order valence-corrected chi connectivity index (χ2v) is 5.86. The lowest BCUT2D eigenvalue weighted by Crippen LogP contribution is -2.20. The molecule has 3 aromatic rings. The van der Waals surface area contributed by atoms with Gasteiger partial charge in [0.2, 0.25) is 0 Å². The molecule has 7 nitrogen and oxygen atoms in total. The van der Waals surface area contributed by atoms with Gasteiger partial charge in [-0.2, -0.15) is 5.10 Å². The summed E-state index contributed by atoms with van der Waals surface area (Å²) in [5, 5.41) is 5.05. The molecule has 1 amide bonds. The first-order chi connectivity index (χ1) is 11.9. The topological polar surface area (TPSA) is 77.6 Å². The number of fused-ring (bicyclic) bond motifs is 1. The summed E-state index contributed by atoms with van der Waals surface area (Å²) >= 11 is 0. The Bertz CT molecular complexity index is 953. The fraction of sp³-hybridized carbons (Fsp3) is 0.278. The SMILES string of the molecule is CCc1cc(-n2cc(C(=O)OC)cn2)c2oc(C(=O)N(C)C)cc2c1. The number of nitrogens with zero attached hydrogens (tertiary/aromatic N) is 3. The summed E-state index contributed by atoms with van der Waals surface area (Å²) in [6, 6.07) is 5.65. The number of methoxy groups -OCH3 is 1. The van der Waals surface area contributed by atoms with E-state index in [1.54, 1.807) is 31.0 Å². The van der Waals surface area contributed by atoms with E-state index >= 15 is 0 Å². The average molecular weight is 341 g/mol. The molecule has 0 aliphatic rings. The van der Waals surface area contributed by atoms with Crippen molar-refractivity contribution in [2.75, 3.05) is 21.2 Å². The Morgan fingerprint density at radius 2 is 2.04 bits per heavy atom. The number of rotatable bonds is 4. The molecule has 0 fully saturated rings. The highest BCUT2D eigenvalue weighted by molar-refractivity contribution is 5.98. The third-order valence-electron chi connectivity index (χ3n) is 3.93. The zero-order valence-corrected chi connectivity index (χ0v) is 14.6. The number of hydrogen-bond acceptors (Lipinski definition) is 5. The van der Waals surface area contributed by atoms with Crippen molar-refractivity contribution in [2.24, 2.45) is 0 Å². The molecule has 3 rings (SSSR count).